The van der Waals surface area contributed by atoms with Crippen LogP contribution in [0.4, 0.5) is 0 Å². The summed E-state index contributed by atoms with van der Waals surface area (Å²) < 4.78 is 23.7. The maximum absolute atomic E-state index is 6.06. The summed E-state index contributed by atoms with van der Waals surface area (Å²) >= 11 is 0. The monoisotopic (exact) mass is 318 g/mol. The molecule has 0 N–H and O–H groups in total. The van der Waals surface area contributed by atoms with Crippen molar-refractivity contribution in [3.8, 4) is 0 Å². The summed E-state index contributed by atoms with van der Waals surface area (Å²) in [5, 5.41) is 0. The quantitative estimate of drug-likeness (QED) is 0.495. The van der Waals surface area contributed by atoms with Crippen LogP contribution in [0.15, 0.2) is 0 Å². The minimum absolute atomic E-state index is 0.0660. The van der Waals surface area contributed by atoms with E-state index < -0.39 is 0 Å². The lowest BCUT2D eigenvalue weighted by Gasteiger charge is -2.30. The van der Waals surface area contributed by atoms with Crippen molar-refractivity contribution in [1.82, 2.24) is 0 Å². The Hall–Kier alpha value is -0.160. The van der Waals surface area contributed by atoms with Gasteiger partial charge in [0.05, 0.1) is 36.6 Å². The molecule has 0 aliphatic heterocycles. The van der Waals surface area contributed by atoms with Crippen LogP contribution in [-0.4, -0.2) is 42.9 Å². The molecule has 0 bridgehead atoms. The maximum atomic E-state index is 6.06. The van der Waals surface area contributed by atoms with E-state index in [4.69, 9.17) is 18.9 Å². The number of rotatable bonds is 12. The van der Waals surface area contributed by atoms with E-state index in [0.29, 0.717) is 0 Å². The van der Waals surface area contributed by atoms with Crippen molar-refractivity contribution in [3.63, 3.8) is 0 Å². The first-order valence-electron chi connectivity index (χ1n) is 8.71. The average molecular weight is 318 g/mol. The lowest BCUT2D eigenvalue weighted by Crippen LogP contribution is -2.33. The highest BCUT2D eigenvalue weighted by molar-refractivity contribution is 4.68. The molecule has 2 unspecified atom stereocenters. The molecule has 2 atom stereocenters. The standard InChI is InChI=1S/C18H38O4/c1-12(2)19-16(9)10-17(20-13(3)4)11-18(21-14(5)6)22-15(7)8/h12-18H,10-11H2,1-9H3. The number of hydrogen-bond acceptors (Lipinski definition) is 4. The van der Waals surface area contributed by atoms with Gasteiger partial charge in [0.2, 0.25) is 0 Å². The van der Waals surface area contributed by atoms with Crippen LogP contribution >= 0.6 is 0 Å². The smallest absolute Gasteiger partial charge is 0.160 e. The molecule has 0 amide bonds. The highest BCUT2D eigenvalue weighted by Gasteiger charge is 2.23. The second-order valence-corrected chi connectivity index (χ2v) is 7.07. The number of ether oxygens (including phenoxy) is 4. The summed E-state index contributed by atoms with van der Waals surface area (Å²) in [5.41, 5.74) is 0. The third-order valence-electron chi connectivity index (χ3n) is 2.87. The lowest BCUT2D eigenvalue weighted by molar-refractivity contribution is -0.201. The Balaban J connectivity index is 4.68. The Labute approximate surface area is 137 Å². The summed E-state index contributed by atoms with van der Waals surface area (Å²) in [6.45, 7) is 18.4. The molecule has 0 aliphatic rings. The van der Waals surface area contributed by atoms with E-state index in [0.717, 1.165) is 12.8 Å². The van der Waals surface area contributed by atoms with Gasteiger partial charge in [0.25, 0.3) is 0 Å². The zero-order chi connectivity index (χ0) is 17.3. The molecule has 0 aliphatic carbocycles. The van der Waals surface area contributed by atoms with Gasteiger partial charge in [-0.15, -0.1) is 0 Å². The summed E-state index contributed by atoms with van der Waals surface area (Å²) in [5.74, 6) is 0. The normalized spacial score (nSPS) is 15.5. The molecule has 0 spiro atoms. The van der Waals surface area contributed by atoms with Gasteiger partial charge < -0.3 is 18.9 Å². The minimum atomic E-state index is -0.241. The molecular weight excluding hydrogens is 280 g/mol. The van der Waals surface area contributed by atoms with Crippen molar-refractivity contribution in [3.05, 3.63) is 0 Å². The molecule has 4 heteroatoms. The Morgan fingerprint density at radius 3 is 1.27 bits per heavy atom. The van der Waals surface area contributed by atoms with E-state index in [1.807, 2.05) is 27.7 Å². The lowest BCUT2D eigenvalue weighted by atomic mass is 10.1. The maximum Gasteiger partial charge on any atom is 0.160 e. The van der Waals surface area contributed by atoms with Crippen molar-refractivity contribution in [2.24, 2.45) is 0 Å². The zero-order valence-electron chi connectivity index (χ0n) is 16.1. The van der Waals surface area contributed by atoms with Gasteiger partial charge in [-0.1, -0.05) is 0 Å². The molecule has 134 valence electrons. The fourth-order valence-corrected chi connectivity index (χ4v) is 2.45. The van der Waals surface area contributed by atoms with Gasteiger partial charge in [-0.3, -0.25) is 0 Å². The first-order chi connectivity index (χ1) is 10.1. The van der Waals surface area contributed by atoms with Gasteiger partial charge >= 0.3 is 0 Å². The summed E-state index contributed by atoms with van der Waals surface area (Å²) in [6.07, 6.45) is 2.21. The molecule has 0 heterocycles. The van der Waals surface area contributed by atoms with Crippen LogP contribution in [-0.2, 0) is 18.9 Å². The Morgan fingerprint density at radius 2 is 0.909 bits per heavy atom. The number of hydrogen-bond donors (Lipinski definition) is 0. The zero-order valence-corrected chi connectivity index (χ0v) is 16.1. The van der Waals surface area contributed by atoms with Crippen LogP contribution in [0, 0.1) is 0 Å². The van der Waals surface area contributed by atoms with Crippen molar-refractivity contribution in [1.29, 1.82) is 0 Å². The molecule has 0 rings (SSSR count). The van der Waals surface area contributed by atoms with Crippen LogP contribution in [0.5, 0.6) is 0 Å². The minimum Gasteiger partial charge on any atom is -0.376 e. The van der Waals surface area contributed by atoms with E-state index in [1.54, 1.807) is 0 Å². The topological polar surface area (TPSA) is 36.9 Å². The molecule has 0 radical (unpaired) electrons. The molecule has 0 fully saturated rings. The fourth-order valence-electron chi connectivity index (χ4n) is 2.45. The third-order valence-corrected chi connectivity index (χ3v) is 2.87. The van der Waals surface area contributed by atoms with Crippen molar-refractivity contribution in [2.45, 2.75) is 118 Å². The third kappa shape index (κ3) is 12.4. The first kappa shape index (κ1) is 21.8. The van der Waals surface area contributed by atoms with Gasteiger partial charge in [-0.25, -0.2) is 0 Å². The second kappa shape index (κ2) is 11.4. The van der Waals surface area contributed by atoms with Crippen LogP contribution < -0.4 is 0 Å². The Kier molecular flexibility index (Phi) is 11.3. The van der Waals surface area contributed by atoms with E-state index in [9.17, 15) is 0 Å². The van der Waals surface area contributed by atoms with Crippen LogP contribution in [0.3, 0.4) is 0 Å². The Morgan fingerprint density at radius 1 is 0.500 bits per heavy atom. The van der Waals surface area contributed by atoms with Crippen LogP contribution in [0.25, 0.3) is 0 Å². The van der Waals surface area contributed by atoms with E-state index >= 15 is 0 Å². The highest BCUT2D eigenvalue weighted by Crippen LogP contribution is 2.19. The van der Waals surface area contributed by atoms with Gasteiger partial charge in [-0.05, 0) is 68.7 Å². The van der Waals surface area contributed by atoms with Crippen LogP contribution in [0.2, 0.25) is 0 Å². The summed E-state index contributed by atoms with van der Waals surface area (Å²) in [7, 11) is 0. The van der Waals surface area contributed by atoms with E-state index in [-0.39, 0.29) is 42.9 Å². The molecule has 0 aromatic rings. The summed E-state index contributed by atoms with van der Waals surface area (Å²) in [4.78, 5) is 0. The van der Waals surface area contributed by atoms with Crippen molar-refractivity contribution < 1.29 is 18.9 Å². The van der Waals surface area contributed by atoms with E-state index in [2.05, 4.69) is 34.6 Å². The Bertz CT molecular complexity index is 254. The second-order valence-electron chi connectivity index (χ2n) is 7.07. The molecular formula is C18H38O4. The molecule has 4 nitrogen and oxygen atoms in total. The molecule has 0 saturated heterocycles. The van der Waals surface area contributed by atoms with Gasteiger partial charge in [0.15, 0.2) is 6.29 Å². The largest absolute Gasteiger partial charge is 0.376 e. The molecule has 22 heavy (non-hydrogen) atoms. The van der Waals surface area contributed by atoms with Gasteiger partial charge in [0.1, 0.15) is 0 Å². The summed E-state index contributed by atoms with van der Waals surface area (Å²) in [6, 6.07) is 0. The fraction of sp³-hybridized carbons (Fsp3) is 1.00. The SMILES string of the molecule is CC(C)OC(C)CC(CC(OC(C)C)OC(C)C)OC(C)C. The van der Waals surface area contributed by atoms with Crippen molar-refractivity contribution in [2.75, 3.05) is 0 Å². The van der Waals surface area contributed by atoms with Crippen molar-refractivity contribution >= 4 is 0 Å². The predicted octanol–water partition coefficient (Wildman–Crippen LogP) is 4.55. The van der Waals surface area contributed by atoms with Crippen LogP contribution in [0.1, 0.15) is 75.2 Å². The van der Waals surface area contributed by atoms with Gasteiger partial charge in [0, 0.05) is 6.42 Å². The predicted molar refractivity (Wildman–Crippen MR) is 91.2 cm³/mol. The average Bonchev–Trinajstić information content (AvgIpc) is 2.23. The molecule has 0 aromatic carbocycles. The van der Waals surface area contributed by atoms with E-state index in [1.165, 1.54) is 0 Å². The molecule has 0 aromatic heterocycles. The highest BCUT2D eigenvalue weighted by atomic mass is 16.7. The first-order valence-corrected chi connectivity index (χ1v) is 8.71. The molecule has 0 saturated carbocycles. The van der Waals surface area contributed by atoms with Gasteiger partial charge in [-0.2, -0.15) is 0 Å².